The molecule has 1 unspecified atom stereocenters. The van der Waals surface area contributed by atoms with Gasteiger partial charge in [0.15, 0.2) is 0 Å². The minimum Gasteiger partial charge on any atom is -0.284 e. The van der Waals surface area contributed by atoms with Gasteiger partial charge < -0.3 is 0 Å². The van der Waals surface area contributed by atoms with Crippen LogP contribution in [-0.2, 0) is 0 Å². The van der Waals surface area contributed by atoms with Crippen molar-refractivity contribution >= 4 is 0 Å². The van der Waals surface area contributed by atoms with Crippen LogP contribution in [0.4, 0.5) is 0 Å². The van der Waals surface area contributed by atoms with Gasteiger partial charge in [-0.3, -0.25) is 4.90 Å². The fourth-order valence-electron chi connectivity index (χ4n) is 2.91. The van der Waals surface area contributed by atoms with E-state index in [0.29, 0.717) is 0 Å². The molecule has 3 aliphatic heterocycles. The normalized spacial score (nSPS) is 36.4. The number of hydrogen-bond donors (Lipinski definition) is 0. The van der Waals surface area contributed by atoms with E-state index in [1.54, 1.807) is 0 Å². The first-order valence-corrected chi connectivity index (χ1v) is 6.21. The Balaban J connectivity index is 1.66. The maximum Gasteiger partial charge on any atom is 0.0761 e. The molecule has 0 bridgehead atoms. The Kier molecular flexibility index (Phi) is 2.48. The highest BCUT2D eigenvalue weighted by Crippen LogP contribution is 2.27. The lowest BCUT2D eigenvalue weighted by Crippen LogP contribution is -2.53. The second-order valence-electron chi connectivity index (χ2n) is 4.84. The lowest BCUT2D eigenvalue weighted by atomic mass is 10.1. The molecule has 0 radical (unpaired) electrons. The molecule has 0 amide bonds. The van der Waals surface area contributed by atoms with Gasteiger partial charge in [0.25, 0.3) is 0 Å². The van der Waals surface area contributed by atoms with Crippen molar-refractivity contribution in [2.24, 2.45) is 0 Å². The van der Waals surface area contributed by atoms with E-state index < -0.39 is 0 Å². The molecule has 3 rings (SSSR count). The second-order valence-corrected chi connectivity index (χ2v) is 4.84. The minimum absolute atomic E-state index is 0.766. The van der Waals surface area contributed by atoms with Crippen molar-refractivity contribution in [3.05, 3.63) is 0 Å². The first-order valence-electron chi connectivity index (χ1n) is 6.21. The van der Waals surface area contributed by atoms with Crippen LogP contribution in [0.15, 0.2) is 0 Å². The van der Waals surface area contributed by atoms with E-state index in [-0.39, 0.29) is 0 Å². The zero-order valence-corrected chi connectivity index (χ0v) is 8.99. The molecular formula is C11H21N3. The molecule has 3 fully saturated rings. The van der Waals surface area contributed by atoms with Crippen molar-refractivity contribution in [2.75, 3.05) is 32.7 Å². The molecular weight excluding hydrogens is 174 g/mol. The Labute approximate surface area is 86.6 Å². The molecule has 0 aromatic heterocycles. The molecule has 0 aromatic rings. The van der Waals surface area contributed by atoms with Gasteiger partial charge in [0, 0.05) is 32.7 Å². The molecule has 0 aromatic carbocycles. The van der Waals surface area contributed by atoms with Crippen molar-refractivity contribution in [1.82, 2.24) is 14.9 Å². The fourth-order valence-corrected chi connectivity index (χ4v) is 2.91. The van der Waals surface area contributed by atoms with Crippen LogP contribution in [0.3, 0.4) is 0 Å². The molecule has 0 spiro atoms. The fraction of sp³-hybridized carbons (Fsp3) is 1.00. The van der Waals surface area contributed by atoms with Crippen molar-refractivity contribution in [2.45, 2.75) is 38.3 Å². The predicted molar refractivity (Wildman–Crippen MR) is 56.7 cm³/mol. The van der Waals surface area contributed by atoms with Gasteiger partial charge in [0.05, 0.1) is 6.17 Å². The first kappa shape index (κ1) is 9.13. The Hall–Kier alpha value is -0.120. The summed E-state index contributed by atoms with van der Waals surface area (Å²) in [5.41, 5.74) is 0. The van der Waals surface area contributed by atoms with Crippen LogP contribution < -0.4 is 0 Å². The summed E-state index contributed by atoms with van der Waals surface area (Å²) >= 11 is 0. The quantitative estimate of drug-likeness (QED) is 0.611. The summed E-state index contributed by atoms with van der Waals surface area (Å²) in [5.74, 6) is 0. The van der Waals surface area contributed by atoms with Gasteiger partial charge in [-0.15, -0.1) is 0 Å². The average molecular weight is 195 g/mol. The topological polar surface area (TPSA) is 9.49 Å². The Morgan fingerprint density at radius 3 is 2.14 bits per heavy atom. The molecule has 3 heterocycles. The zero-order valence-electron chi connectivity index (χ0n) is 8.99. The summed E-state index contributed by atoms with van der Waals surface area (Å²) < 4.78 is 0. The van der Waals surface area contributed by atoms with Crippen molar-refractivity contribution < 1.29 is 0 Å². The summed E-state index contributed by atoms with van der Waals surface area (Å²) in [7, 11) is 0. The highest BCUT2D eigenvalue weighted by molar-refractivity contribution is 4.85. The smallest absolute Gasteiger partial charge is 0.0761 e. The number of rotatable bonds is 2. The molecule has 3 aliphatic rings. The van der Waals surface area contributed by atoms with E-state index >= 15 is 0 Å². The lowest BCUT2D eigenvalue weighted by Gasteiger charge is -2.42. The highest BCUT2D eigenvalue weighted by atomic mass is 15.7. The van der Waals surface area contributed by atoms with Crippen LogP contribution in [0.1, 0.15) is 32.1 Å². The molecule has 1 atom stereocenters. The molecule has 3 nitrogen and oxygen atoms in total. The largest absolute Gasteiger partial charge is 0.284 e. The van der Waals surface area contributed by atoms with E-state index in [0.717, 1.165) is 6.17 Å². The third-order valence-electron chi connectivity index (χ3n) is 3.79. The van der Waals surface area contributed by atoms with Gasteiger partial charge in [0.1, 0.15) is 0 Å². The molecule has 3 saturated heterocycles. The summed E-state index contributed by atoms with van der Waals surface area (Å²) in [5, 5.41) is 5.28. The Bertz CT molecular complexity index is 197. The summed E-state index contributed by atoms with van der Waals surface area (Å²) in [6, 6.07) is 0. The summed E-state index contributed by atoms with van der Waals surface area (Å²) in [4.78, 5) is 2.62. The number of hydrazine groups is 1. The third kappa shape index (κ3) is 1.69. The van der Waals surface area contributed by atoms with E-state index in [9.17, 15) is 0 Å². The first-order chi connectivity index (χ1) is 6.95. The van der Waals surface area contributed by atoms with Crippen molar-refractivity contribution in [1.29, 1.82) is 0 Å². The monoisotopic (exact) mass is 195 g/mol. The standard InChI is InChI=1S/C11H21N3/c1-2-8-14(13-6-3-4-7-13)11(5-1)12-9-10-12/h11H,1-10H2. The average Bonchev–Trinajstić information content (AvgIpc) is 2.94. The molecule has 80 valence electrons. The molecule has 14 heavy (non-hydrogen) atoms. The van der Waals surface area contributed by atoms with E-state index in [2.05, 4.69) is 14.9 Å². The van der Waals surface area contributed by atoms with Gasteiger partial charge in [-0.25, -0.2) is 10.0 Å². The van der Waals surface area contributed by atoms with Crippen LogP contribution in [-0.4, -0.2) is 53.8 Å². The van der Waals surface area contributed by atoms with E-state index in [1.807, 2.05) is 0 Å². The predicted octanol–water partition coefficient (Wildman–Crippen LogP) is 1.12. The maximum atomic E-state index is 2.67. The third-order valence-corrected chi connectivity index (χ3v) is 3.79. The Morgan fingerprint density at radius 1 is 0.714 bits per heavy atom. The lowest BCUT2D eigenvalue weighted by molar-refractivity contribution is -0.0934. The molecule has 3 heteroatoms. The van der Waals surface area contributed by atoms with Crippen molar-refractivity contribution in [3.63, 3.8) is 0 Å². The van der Waals surface area contributed by atoms with Crippen LogP contribution in [0.2, 0.25) is 0 Å². The van der Waals surface area contributed by atoms with Gasteiger partial charge in [-0.2, -0.15) is 0 Å². The number of hydrogen-bond acceptors (Lipinski definition) is 3. The number of nitrogens with zero attached hydrogens (tertiary/aromatic N) is 3. The maximum absolute atomic E-state index is 2.67. The molecule has 0 N–H and O–H groups in total. The van der Waals surface area contributed by atoms with E-state index in [1.165, 1.54) is 64.8 Å². The minimum atomic E-state index is 0.766. The van der Waals surface area contributed by atoms with Crippen LogP contribution in [0.25, 0.3) is 0 Å². The van der Waals surface area contributed by atoms with Crippen LogP contribution in [0.5, 0.6) is 0 Å². The zero-order chi connectivity index (χ0) is 9.38. The van der Waals surface area contributed by atoms with Crippen molar-refractivity contribution in [3.8, 4) is 0 Å². The van der Waals surface area contributed by atoms with Crippen LogP contribution >= 0.6 is 0 Å². The number of piperidine rings is 1. The van der Waals surface area contributed by atoms with Gasteiger partial charge >= 0.3 is 0 Å². The summed E-state index contributed by atoms with van der Waals surface area (Å²) in [6.45, 7) is 6.61. The molecule has 0 aliphatic carbocycles. The second kappa shape index (κ2) is 3.80. The molecule has 0 saturated carbocycles. The summed E-state index contributed by atoms with van der Waals surface area (Å²) in [6.07, 6.45) is 7.82. The van der Waals surface area contributed by atoms with Crippen LogP contribution in [0, 0.1) is 0 Å². The van der Waals surface area contributed by atoms with Gasteiger partial charge in [-0.1, -0.05) is 0 Å². The Morgan fingerprint density at radius 2 is 1.43 bits per heavy atom. The van der Waals surface area contributed by atoms with E-state index in [4.69, 9.17) is 0 Å². The highest BCUT2D eigenvalue weighted by Gasteiger charge is 2.36. The SMILES string of the molecule is C1CCN(N2CCCC2)C(N2CC2)C1. The van der Waals surface area contributed by atoms with Gasteiger partial charge in [-0.05, 0) is 32.1 Å². The van der Waals surface area contributed by atoms with Gasteiger partial charge in [0.2, 0.25) is 0 Å².